The molecule has 0 aromatic heterocycles. The summed E-state index contributed by atoms with van der Waals surface area (Å²) in [5.41, 5.74) is 3.72. The van der Waals surface area contributed by atoms with Crippen LogP contribution in [-0.4, -0.2) is 46.8 Å². The van der Waals surface area contributed by atoms with Crippen LogP contribution in [0.5, 0.6) is 0 Å². The van der Waals surface area contributed by atoms with Gasteiger partial charge in [0, 0.05) is 6.54 Å². The maximum absolute atomic E-state index is 12.8. The summed E-state index contributed by atoms with van der Waals surface area (Å²) in [6.45, 7) is 31.3. The Labute approximate surface area is 338 Å². The van der Waals surface area contributed by atoms with E-state index in [0.29, 0.717) is 41.7 Å². The van der Waals surface area contributed by atoms with E-state index in [2.05, 4.69) is 71.6 Å². The lowest BCUT2D eigenvalue weighted by atomic mass is 9.32. The average Bonchev–Trinajstić information content (AvgIpc) is 3.45. The van der Waals surface area contributed by atoms with Crippen LogP contribution in [-0.2, 0) is 19.1 Å². The van der Waals surface area contributed by atoms with E-state index in [4.69, 9.17) is 9.47 Å². The van der Waals surface area contributed by atoms with Gasteiger partial charge in [-0.1, -0.05) is 65.0 Å². The summed E-state index contributed by atoms with van der Waals surface area (Å²) < 4.78 is 11.2. The summed E-state index contributed by atoms with van der Waals surface area (Å²) in [7, 11) is 0. The first-order valence-electron chi connectivity index (χ1n) is 21.7. The highest BCUT2D eigenvalue weighted by atomic mass is 16.6. The molecule has 0 bridgehead atoms. The van der Waals surface area contributed by atoms with Gasteiger partial charge >= 0.3 is 17.9 Å². The van der Waals surface area contributed by atoms with E-state index in [1.807, 2.05) is 53.7 Å². The van der Waals surface area contributed by atoms with Gasteiger partial charge < -0.3 is 19.9 Å². The van der Waals surface area contributed by atoms with Crippen LogP contribution in [0.25, 0.3) is 5.57 Å². The Kier molecular flexibility index (Phi) is 11.0. The van der Waals surface area contributed by atoms with Crippen LogP contribution in [0.4, 0.5) is 0 Å². The van der Waals surface area contributed by atoms with Crippen LogP contribution >= 0.6 is 0 Å². The first-order valence-corrected chi connectivity index (χ1v) is 21.7. The summed E-state index contributed by atoms with van der Waals surface area (Å²) in [6, 6.07) is 7.12. The molecule has 5 aliphatic carbocycles. The van der Waals surface area contributed by atoms with Gasteiger partial charge in [0.25, 0.3) is 0 Å². The molecule has 0 spiro atoms. The van der Waals surface area contributed by atoms with Gasteiger partial charge in [0.05, 0.1) is 12.0 Å². The maximum atomic E-state index is 12.8. The van der Waals surface area contributed by atoms with Gasteiger partial charge in [0.1, 0.15) is 17.2 Å². The SMILES string of the molecule is C=C(C)[C@@H]1CC[C@]2(CN[C@@H](CC(=O)OC(C)(C)C)C(=O)O)CC[C@]3(C)[C@H](CC[C@@H]4[C@@]5(C)CC=C(c6ccc(C(=O)OC(C)(C)C)cc6)C(C)(C)[C@@H]5CC[C@]43C)[C@@H]12. The maximum Gasteiger partial charge on any atom is 0.338 e. The lowest BCUT2D eigenvalue weighted by molar-refractivity contribution is -0.225. The fourth-order valence-electron chi connectivity index (χ4n) is 13.9. The van der Waals surface area contributed by atoms with Gasteiger partial charge in [0.15, 0.2) is 0 Å². The van der Waals surface area contributed by atoms with Crippen molar-refractivity contribution in [2.45, 2.75) is 165 Å². The van der Waals surface area contributed by atoms with Gasteiger partial charge in [-0.15, -0.1) is 0 Å². The highest BCUT2D eigenvalue weighted by Crippen LogP contribution is 2.77. The van der Waals surface area contributed by atoms with Crippen molar-refractivity contribution in [3.05, 3.63) is 53.6 Å². The van der Waals surface area contributed by atoms with Crippen molar-refractivity contribution in [3.8, 4) is 0 Å². The van der Waals surface area contributed by atoms with E-state index in [0.717, 1.165) is 32.1 Å². The smallest absolute Gasteiger partial charge is 0.338 e. The molecule has 4 saturated carbocycles. The minimum absolute atomic E-state index is 0.0244. The number of hydrogen-bond acceptors (Lipinski definition) is 6. The van der Waals surface area contributed by atoms with Crippen molar-refractivity contribution in [1.82, 2.24) is 5.32 Å². The van der Waals surface area contributed by atoms with Gasteiger partial charge in [0.2, 0.25) is 0 Å². The molecule has 7 heteroatoms. The number of allylic oxidation sites excluding steroid dienone is 3. The molecule has 310 valence electrons. The number of rotatable bonds is 9. The Morgan fingerprint density at radius 2 is 1.48 bits per heavy atom. The number of hydrogen-bond donors (Lipinski definition) is 2. The second-order valence-corrected chi connectivity index (χ2v) is 22.2. The van der Waals surface area contributed by atoms with Crippen LogP contribution in [0.2, 0.25) is 0 Å². The number of benzene rings is 1. The first-order chi connectivity index (χ1) is 25.8. The number of aliphatic carboxylic acids is 1. The zero-order valence-corrected chi connectivity index (χ0v) is 36.8. The fraction of sp³-hybridized carbons (Fsp3) is 0.735. The largest absolute Gasteiger partial charge is 0.480 e. The van der Waals surface area contributed by atoms with Crippen molar-refractivity contribution < 1.29 is 29.0 Å². The van der Waals surface area contributed by atoms with E-state index in [9.17, 15) is 19.5 Å². The Balaban J connectivity index is 1.26. The zero-order valence-electron chi connectivity index (χ0n) is 36.8. The standard InChI is InChI=1S/C49H73NO6/c1-30(2)33-20-25-49(29-50-36(41(52)53)28-39(51)55-43(3,4)5)27-26-47(12)35(40(33)49)18-19-38-46(11)23-21-34(45(9,10)37(46)22-24-48(38,47)13)31-14-16-32(17-15-31)42(54)56-44(6,7)8/h14-17,21,33,35-38,40,50H,1,18-20,22-29H2,2-13H3,(H,52,53)/t33-,35+,36-,37-,38+,40+,46-,47+,48+,49+/m0/s1. The quantitative estimate of drug-likeness (QED) is 0.190. The van der Waals surface area contributed by atoms with Crippen molar-refractivity contribution in [3.63, 3.8) is 0 Å². The molecular formula is C49H73NO6. The van der Waals surface area contributed by atoms with Crippen LogP contribution in [0.15, 0.2) is 42.5 Å². The summed E-state index contributed by atoms with van der Waals surface area (Å²) >= 11 is 0. The second-order valence-electron chi connectivity index (χ2n) is 22.2. The van der Waals surface area contributed by atoms with E-state index < -0.39 is 29.2 Å². The molecule has 5 aliphatic rings. The molecule has 0 radical (unpaired) electrons. The molecule has 10 atom stereocenters. The normalized spacial score (nSPS) is 36.8. The van der Waals surface area contributed by atoms with Crippen molar-refractivity contribution in [2.75, 3.05) is 6.54 Å². The molecule has 1 aromatic rings. The third kappa shape index (κ3) is 7.34. The Hall–Kier alpha value is -2.93. The van der Waals surface area contributed by atoms with E-state index in [1.54, 1.807) is 0 Å². The molecule has 2 N–H and O–H groups in total. The number of carbonyl (C=O) groups excluding carboxylic acids is 2. The van der Waals surface area contributed by atoms with Gasteiger partial charge in [-0.2, -0.15) is 0 Å². The number of carboxylic acids is 1. The van der Waals surface area contributed by atoms with E-state index >= 15 is 0 Å². The number of carboxylic acid groups (broad SMARTS) is 1. The predicted molar refractivity (Wildman–Crippen MR) is 224 cm³/mol. The number of carbonyl (C=O) groups is 3. The second kappa shape index (κ2) is 14.4. The predicted octanol–water partition coefficient (Wildman–Crippen LogP) is 11.1. The average molecular weight is 772 g/mol. The number of ether oxygens (including phenoxy) is 2. The number of esters is 2. The van der Waals surface area contributed by atoms with Gasteiger partial charge in [-0.3, -0.25) is 9.59 Å². The van der Waals surface area contributed by atoms with Gasteiger partial charge in [-0.05, 0) is 186 Å². The molecule has 1 aromatic carbocycles. The molecule has 4 fully saturated rings. The summed E-state index contributed by atoms with van der Waals surface area (Å²) in [5.74, 6) is 0.766. The van der Waals surface area contributed by atoms with E-state index in [-0.39, 0.29) is 39.5 Å². The Morgan fingerprint density at radius 1 is 0.839 bits per heavy atom. The van der Waals surface area contributed by atoms with Crippen molar-refractivity contribution in [2.24, 2.45) is 56.7 Å². The van der Waals surface area contributed by atoms with Crippen LogP contribution in [0.3, 0.4) is 0 Å². The third-order valence-electron chi connectivity index (χ3n) is 16.4. The van der Waals surface area contributed by atoms with Gasteiger partial charge in [-0.25, -0.2) is 4.79 Å². The highest BCUT2D eigenvalue weighted by molar-refractivity contribution is 5.90. The van der Waals surface area contributed by atoms with Crippen LogP contribution < -0.4 is 5.32 Å². The van der Waals surface area contributed by atoms with Crippen LogP contribution in [0.1, 0.15) is 163 Å². The molecule has 56 heavy (non-hydrogen) atoms. The summed E-state index contributed by atoms with van der Waals surface area (Å²) in [4.78, 5) is 38.0. The van der Waals surface area contributed by atoms with Crippen molar-refractivity contribution >= 4 is 23.5 Å². The first kappa shape index (κ1) is 42.7. The molecule has 0 aliphatic heterocycles. The minimum Gasteiger partial charge on any atom is -0.480 e. The fourth-order valence-corrected chi connectivity index (χ4v) is 13.9. The monoisotopic (exact) mass is 772 g/mol. The molecule has 7 nitrogen and oxygen atoms in total. The molecule has 0 unspecified atom stereocenters. The lowest BCUT2D eigenvalue weighted by Gasteiger charge is -2.72. The third-order valence-corrected chi connectivity index (χ3v) is 16.4. The Morgan fingerprint density at radius 3 is 2.07 bits per heavy atom. The molecule has 0 saturated heterocycles. The Bertz CT molecular complexity index is 1740. The minimum atomic E-state index is -0.998. The topological polar surface area (TPSA) is 102 Å². The summed E-state index contributed by atoms with van der Waals surface area (Å²) in [6.07, 6.45) is 12.6. The molecule has 0 amide bonds. The number of nitrogens with one attached hydrogen (secondary N) is 1. The lowest BCUT2D eigenvalue weighted by Crippen LogP contribution is -2.66. The zero-order chi connectivity index (χ0) is 41.4. The number of fused-ring (bicyclic) bond motifs is 7. The molecular weight excluding hydrogens is 699 g/mol. The summed E-state index contributed by atoms with van der Waals surface area (Å²) in [5, 5.41) is 13.6. The van der Waals surface area contributed by atoms with Crippen molar-refractivity contribution in [1.29, 1.82) is 0 Å². The highest BCUT2D eigenvalue weighted by Gasteiger charge is 2.70. The van der Waals surface area contributed by atoms with E-state index in [1.165, 1.54) is 42.4 Å². The molecule has 6 rings (SSSR count). The van der Waals surface area contributed by atoms with Crippen LogP contribution in [0, 0.1) is 56.7 Å². The molecule has 0 heterocycles.